The number of hydrogen-bond donors (Lipinski definition) is 3. The first-order valence-corrected chi connectivity index (χ1v) is 15.4. The van der Waals surface area contributed by atoms with Crippen LogP contribution in [0.5, 0.6) is 0 Å². The van der Waals surface area contributed by atoms with E-state index in [0.29, 0.717) is 18.4 Å². The van der Waals surface area contributed by atoms with Crippen LogP contribution in [0.25, 0.3) is 0 Å². The summed E-state index contributed by atoms with van der Waals surface area (Å²) in [4.78, 5) is 27.4. The molecule has 0 saturated heterocycles. The van der Waals surface area contributed by atoms with Gasteiger partial charge < -0.3 is 10.6 Å². The average molecular weight is 551 g/mol. The topological polar surface area (TPSA) is 128 Å². The third-order valence-corrected chi connectivity index (χ3v) is 9.39. The molecule has 2 aromatic carbocycles. The fourth-order valence-electron chi connectivity index (χ4n) is 5.68. The summed E-state index contributed by atoms with van der Waals surface area (Å²) < 4.78 is 28.8. The zero-order valence-electron chi connectivity index (χ0n) is 22.7. The van der Waals surface area contributed by atoms with Crippen LogP contribution in [0, 0.1) is 23.2 Å². The number of nitriles is 1. The Kier molecular flexibility index (Phi) is 9.08. The zero-order chi connectivity index (χ0) is 28.0. The molecule has 1 fully saturated rings. The maximum absolute atomic E-state index is 13.7. The molecule has 0 spiro atoms. The predicted octanol–water partition coefficient (Wildman–Crippen LogP) is 3.35. The van der Waals surface area contributed by atoms with E-state index in [9.17, 15) is 18.0 Å². The molecule has 8 nitrogen and oxygen atoms in total. The number of nitrogens with one attached hydrogen (secondary N) is 3. The minimum absolute atomic E-state index is 0.0190. The van der Waals surface area contributed by atoms with Crippen molar-refractivity contribution in [3.63, 3.8) is 0 Å². The summed E-state index contributed by atoms with van der Waals surface area (Å²) in [5.41, 5.74) is 2.08. The van der Waals surface area contributed by atoms with E-state index < -0.39 is 27.5 Å². The molecule has 208 valence electrons. The van der Waals surface area contributed by atoms with Crippen LogP contribution in [0.4, 0.5) is 0 Å². The quantitative estimate of drug-likeness (QED) is 0.418. The van der Waals surface area contributed by atoms with Crippen LogP contribution in [0.1, 0.15) is 68.2 Å². The lowest BCUT2D eigenvalue weighted by Gasteiger charge is -2.32. The largest absolute Gasteiger partial charge is 0.350 e. The van der Waals surface area contributed by atoms with Gasteiger partial charge in [0.15, 0.2) is 0 Å². The Morgan fingerprint density at radius 3 is 2.18 bits per heavy atom. The van der Waals surface area contributed by atoms with Gasteiger partial charge in [0, 0.05) is 19.4 Å². The van der Waals surface area contributed by atoms with Crippen molar-refractivity contribution >= 4 is 21.8 Å². The molecule has 3 N–H and O–H groups in total. The van der Waals surface area contributed by atoms with Gasteiger partial charge in [-0.3, -0.25) is 9.59 Å². The molecule has 2 aliphatic rings. The molecule has 0 aromatic heterocycles. The number of sulfonamides is 1. The van der Waals surface area contributed by atoms with Crippen molar-refractivity contribution in [3.05, 3.63) is 70.8 Å². The lowest BCUT2D eigenvalue weighted by molar-refractivity contribution is -0.134. The van der Waals surface area contributed by atoms with Crippen molar-refractivity contribution in [2.24, 2.45) is 11.8 Å². The smallest absolute Gasteiger partial charge is 0.246 e. The number of rotatable bonds is 10. The van der Waals surface area contributed by atoms with Gasteiger partial charge in [0.2, 0.25) is 21.8 Å². The fraction of sp³-hybridized carbons (Fsp3) is 0.500. The third-order valence-electron chi connectivity index (χ3n) is 7.87. The van der Waals surface area contributed by atoms with Gasteiger partial charge in [-0.25, -0.2) is 13.1 Å². The van der Waals surface area contributed by atoms with Crippen LogP contribution in [-0.4, -0.2) is 37.6 Å². The van der Waals surface area contributed by atoms with Gasteiger partial charge in [0.25, 0.3) is 0 Å². The summed E-state index contributed by atoms with van der Waals surface area (Å²) >= 11 is 0. The van der Waals surface area contributed by atoms with Gasteiger partial charge in [-0.1, -0.05) is 69.5 Å². The van der Waals surface area contributed by atoms with Crippen molar-refractivity contribution in [1.82, 2.24) is 15.4 Å². The summed E-state index contributed by atoms with van der Waals surface area (Å²) in [6.45, 7) is 3.84. The highest BCUT2D eigenvalue weighted by molar-refractivity contribution is 7.89. The van der Waals surface area contributed by atoms with Gasteiger partial charge in [-0.15, -0.1) is 0 Å². The zero-order valence-corrected chi connectivity index (χ0v) is 23.5. The van der Waals surface area contributed by atoms with Gasteiger partial charge in [-0.2, -0.15) is 5.26 Å². The number of carbonyl (C=O) groups is 2. The normalized spacial score (nSPS) is 17.7. The first-order valence-electron chi connectivity index (χ1n) is 13.8. The fourth-order valence-corrected chi connectivity index (χ4v) is 7.50. The lowest BCUT2D eigenvalue weighted by atomic mass is 9.91. The highest BCUT2D eigenvalue weighted by Gasteiger charge is 2.46. The highest BCUT2D eigenvalue weighted by Crippen LogP contribution is 2.31. The molecular formula is C30H38N4O4S. The molecule has 0 aliphatic heterocycles. The maximum Gasteiger partial charge on any atom is 0.246 e. The van der Waals surface area contributed by atoms with Gasteiger partial charge >= 0.3 is 0 Å². The summed E-state index contributed by atoms with van der Waals surface area (Å²) in [7, 11) is -3.68. The van der Waals surface area contributed by atoms with E-state index in [4.69, 9.17) is 5.26 Å². The Morgan fingerprint density at radius 1 is 1.00 bits per heavy atom. The molecule has 1 saturated carbocycles. The molecule has 2 amide bonds. The van der Waals surface area contributed by atoms with E-state index >= 15 is 0 Å². The number of fused-ring (bicyclic) bond motifs is 1. The van der Waals surface area contributed by atoms with Crippen molar-refractivity contribution in [1.29, 1.82) is 5.26 Å². The first-order chi connectivity index (χ1) is 18.6. The van der Waals surface area contributed by atoms with Crippen LogP contribution in [0.3, 0.4) is 0 Å². The number of nitrogens with zero attached hydrogens (tertiary/aromatic N) is 1. The number of hydrogen-bond acceptors (Lipinski definition) is 5. The monoisotopic (exact) mass is 550 g/mol. The molecule has 2 aliphatic carbocycles. The summed E-state index contributed by atoms with van der Waals surface area (Å²) in [6.07, 6.45) is 5.62. The highest BCUT2D eigenvalue weighted by atomic mass is 32.2. The first kappa shape index (κ1) is 28.8. The minimum atomic E-state index is -3.68. The molecule has 4 rings (SSSR count). The summed E-state index contributed by atoms with van der Waals surface area (Å²) in [5, 5.41) is 15.0. The maximum atomic E-state index is 13.7. The predicted molar refractivity (Wildman–Crippen MR) is 150 cm³/mol. The molecule has 0 unspecified atom stereocenters. The van der Waals surface area contributed by atoms with E-state index in [2.05, 4.69) is 21.4 Å². The van der Waals surface area contributed by atoms with Gasteiger partial charge in [0.05, 0.1) is 17.4 Å². The molecule has 2 aromatic rings. The molecule has 9 heteroatoms. The summed E-state index contributed by atoms with van der Waals surface area (Å²) in [6, 6.07) is 15.7. The summed E-state index contributed by atoms with van der Waals surface area (Å²) in [5.74, 6) is -1.02. The Hall–Kier alpha value is -3.22. The van der Waals surface area contributed by atoms with Crippen LogP contribution in [0.15, 0.2) is 48.5 Å². The minimum Gasteiger partial charge on any atom is -0.350 e. The van der Waals surface area contributed by atoms with E-state index in [0.717, 1.165) is 48.8 Å². The van der Waals surface area contributed by atoms with Crippen LogP contribution < -0.4 is 15.4 Å². The third kappa shape index (κ3) is 7.25. The van der Waals surface area contributed by atoms with Crippen molar-refractivity contribution < 1.29 is 18.0 Å². The SMILES string of the molecule is CC(C)[C@@H](NS(=O)(=O)CC1CCCCC1)C(=O)NC1(C(=O)NCc2ccc(C#N)cc2)Cc2ccccc2C1. The molecule has 0 heterocycles. The molecule has 0 bridgehead atoms. The Morgan fingerprint density at radius 2 is 1.62 bits per heavy atom. The Labute approximate surface area is 231 Å². The van der Waals surface area contributed by atoms with E-state index in [1.54, 1.807) is 38.1 Å². The lowest BCUT2D eigenvalue weighted by Crippen LogP contribution is -2.63. The Balaban J connectivity index is 1.50. The van der Waals surface area contributed by atoms with E-state index in [-0.39, 0.29) is 30.0 Å². The van der Waals surface area contributed by atoms with Crippen molar-refractivity contribution in [3.8, 4) is 6.07 Å². The second-order valence-corrected chi connectivity index (χ2v) is 13.1. The second kappa shape index (κ2) is 12.3. The van der Waals surface area contributed by atoms with Gasteiger partial charge in [-0.05, 0) is 53.5 Å². The number of benzene rings is 2. The van der Waals surface area contributed by atoms with Gasteiger partial charge in [0.1, 0.15) is 11.6 Å². The van der Waals surface area contributed by atoms with Crippen LogP contribution in [-0.2, 0) is 39.0 Å². The van der Waals surface area contributed by atoms with Crippen molar-refractivity contribution in [2.75, 3.05) is 5.75 Å². The number of amides is 2. The average Bonchev–Trinajstić information content (AvgIpc) is 3.30. The molecule has 0 radical (unpaired) electrons. The molecule has 39 heavy (non-hydrogen) atoms. The van der Waals surface area contributed by atoms with Crippen LogP contribution >= 0.6 is 0 Å². The standard InChI is InChI=1S/C30H38N4O4S/c1-21(2)27(34-39(37,38)20-24-8-4-3-5-9-24)28(35)33-30(16-25-10-6-7-11-26(25)17-30)29(36)32-19-23-14-12-22(18-31)13-15-23/h6-7,10-15,21,24,27,34H,3-5,8-9,16-17,19-20H2,1-2H3,(H,32,36)(H,33,35)/t27-/m1/s1. The molecule has 1 atom stereocenters. The number of carbonyl (C=O) groups excluding carboxylic acids is 2. The molecular weight excluding hydrogens is 512 g/mol. The van der Waals surface area contributed by atoms with Crippen LogP contribution in [0.2, 0.25) is 0 Å². The van der Waals surface area contributed by atoms with E-state index in [1.165, 1.54) is 0 Å². The Bertz CT molecular complexity index is 1300. The van der Waals surface area contributed by atoms with E-state index in [1.807, 2.05) is 24.3 Å². The second-order valence-electron chi connectivity index (χ2n) is 11.3. The van der Waals surface area contributed by atoms with Crippen molar-refractivity contribution in [2.45, 2.75) is 76.9 Å².